The fourth-order valence-corrected chi connectivity index (χ4v) is 4.02. The molecule has 3 aromatic heterocycles. The number of benzene rings is 2. The fraction of sp³-hybridized carbons (Fsp3) is 0.148. The van der Waals surface area contributed by atoms with E-state index in [-0.39, 0.29) is 11.8 Å². The first kappa shape index (κ1) is 26.0. The number of aromatic amines is 1. The number of hydroxylamine groups is 2. The van der Waals surface area contributed by atoms with Crippen LogP contribution in [0.2, 0.25) is 5.02 Å². The second-order valence-corrected chi connectivity index (χ2v) is 8.98. The third kappa shape index (κ3) is 6.28. The molecule has 39 heavy (non-hydrogen) atoms. The summed E-state index contributed by atoms with van der Waals surface area (Å²) in [6.07, 6.45) is 5.40. The van der Waals surface area contributed by atoms with Crippen LogP contribution in [-0.2, 0) is 4.84 Å². The number of amides is 2. The second-order valence-electron chi connectivity index (χ2n) is 8.54. The van der Waals surface area contributed by atoms with Crippen molar-refractivity contribution < 1.29 is 14.0 Å². The molecular weight excluding hydrogens is 523 g/mol. The van der Waals surface area contributed by atoms with Gasteiger partial charge in [0, 0.05) is 23.1 Å². The highest BCUT2D eigenvalue weighted by atomic mass is 35.5. The molecule has 1 aliphatic heterocycles. The van der Waals surface area contributed by atoms with Gasteiger partial charge in [-0.25, -0.2) is 34.2 Å². The zero-order valence-corrected chi connectivity index (χ0v) is 21.6. The van der Waals surface area contributed by atoms with Crippen LogP contribution in [0.4, 0.5) is 26.4 Å². The molecule has 1 aliphatic rings. The Bertz CT molecular complexity index is 1590. The monoisotopic (exact) mass is 546 g/mol. The maximum atomic E-state index is 12.4. The number of aryl methyl sites for hydroxylation is 1. The van der Waals surface area contributed by atoms with Crippen molar-refractivity contribution in [3.8, 4) is 11.3 Å². The van der Waals surface area contributed by atoms with Gasteiger partial charge in [0.05, 0.1) is 24.5 Å². The van der Waals surface area contributed by atoms with Crippen LogP contribution in [0.25, 0.3) is 22.4 Å². The summed E-state index contributed by atoms with van der Waals surface area (Å²) >= 11 is 6.25. The number of hydrogen-bond donors (Lipinski definition) is 3. The van der Waals surface area contributed by atoms with Crippen LogP contribution in [0, 0.1) is 12.7 Å². The van der Waals surface area contributed by atoms with Crippen molar-refractivity contribution in [2.24, 2.45) is 0 Å². The summed E-state index contributed by atoms with van der Waals surface area (Å²) in [5, 5.41) is 8.01. The number of carbonyl (C=O) groups excluding carboxylic acids is 1. The number of urea groups is 1. The Balaban J connectivity index is 0.000000384. The van der Waals surface area contributed by atoms with Crippen molar-refractivity contribution in [2.45, 2.75) is 13.3 Å². The SMILES string of the molecule is Cc1ccc(NC(=O)N2CCCO2)cc1Nc1ncc(Cl)cc1-c1ncnc2nc[nH]c12.Fc1ccccc1. The smallest absolute Gasteiger partial charge is 0.341 e. The first-order valence-corrected chi connectivity index (χ1v) is 12.5. The second kappa shape index (κ2) is 11.8. The van der Waals surface area contributed by atoms with Gasteiger partial charge in [0.2, 0.25) is 0 Å². The Kier molecular flexibility index (Phi) is 7.90. The Labute approximate surface area is 228 Å². The van der Waals surface area contributed by atoms with Crippen LogP contribution < -0.4 is 10.6 Å². The van der Waals surface area contributed by atoms with E-state index in [0.717, 1.165) is 17.7 Å². The molecule has 3 N–H and O–H groups in total. The van der Waals surface area contributed by atoms with E-state index in [1.165, 1.54) is 23.5 Å². The van der Waals surface area contributed by atoms with Gasteiger partial charge in [-0.1, -0.05) is 35.9 Å². The summed E-state index contributed by atoms with van der Waals surface area (Å²) in [5.74, 6) is 0.376. The summed E-state index contributed by atoms with van der Waals surface area (Å²) in [4.78, 5) is 38.0. The van der Waals surface area contributed by atoms with Gasteiger partial charge >= 0.3 is 6.03 Å². The van der Waals surface area contributed by atoms with Crippen molar-refractivity contribution in [2.75, 3.05) is 23.8 Å². The lowest BCUT2D eigenvalue weighted by Gasteiger charge is -2.17. The number of rotatable bonds is 4. The highest BCUT2D eigenvalue weighted by Gasteiger charge is 2.20. The Morgan fingerprint density at radius 1 is 1.10 bits per heavy atom. The minimum atomic E-state index is -0.301. The molecule has 2 amide bonds. The van der Waals surface area contributed by atoms with E-state index in [1.54, 1.807) is 36.8 Å². The molecule has 0 spiro atoms. The number of anilines is 3. The minimum Gasteiger partial charge on any atom is -0.341 e. The number of fused-ring (bicyclic) bond motifs is 1. The first-order chi connectivity index (χ1) is 19.0. The number of nitrogens with one attached hydrogen (secondary N) is 3. The maximum absolute atomic E-state index is 12.4. The zero-order chi connectivity index (χ0) is 27.2. The molecule has 0 radical (unpaired) electrons. The van der Waals surface area contributed by atoms with Gasteiger partial charge in [-0.05, 0) is 49.2 Å². The molecule has 2 aromatic carbocycles. The number of aromatic nitrogens is 5. The standard InChI is InChI=1S/C21H19ClN8O2.C6H5F/c1-12-3-4-14(28-21(31)30-5-2-6-32-30)8-16(12)29-19-15(7-13(22)9-23-19)17-18-20(26-10-24-17)27-11-25-18;7-6-4-2-1-3-5-6/h3-4,7-11H,2,5-6H2,1H3,(H,23,29)(H,28,31)(H,24,25,26,27);1-5H. The van der Waals surface area contributed by atoms with E-state index in [4.69, 9.17) is 16.4 Å². The molecule has 1 fully saturated rings. The van der Waals surface area contributed by atoms with Gasteiger partial charge in [0.25, 0.3) is 0 Å². The molecule has 1 saturated heterocycles. The normalized spacial score (nSPS) is 12.6. The summed E-state index contributed by atoms with van der Waals surface area (Å²) in [6, 6.07) is 15.0. The van der Waals surface area contributed by atoms with Gasteiger partial charge < -0.3 is 15.6 Å². The van der Waals surface area contributed by atoms with Crippen molar-refractivity contribution in [1.29, 1.82) is 0 Å². The molecule has 0 aliphatic carbocycles. The highest BCUT2D eigenvalue weighted by molar-refractivity contribution is 6.30. The molecule has 4 heterocycles. The molecular formula is C27H24ClFN8O2. The lowest BCUT2D eigenvalue weighted by atomic mass is 10.1. The Hall–Kier alpha value is -4.61. The minimum absolute atomic E-state index is 0.178. The molecule has 198 valence electrons. The lowest BCUT2D eigenvalue weighted by molar-refractivity contribution is -0.0614. The molecule has 0 bridgehead atoms. The zero-order valence-electron chi connectivity index (χ0n) is 20.9. The van der Waals surface area contributed by atoms with E-state index in [9.17, 15) is 9.18 Å². The summed E-state index contributed by atoms with van der Waals surface area (Å²) in [5.41, 5.74) is 4.92. The predicted molar refractivity (Wildman–Crippen MR) is 147 cm³/mol. The summed E-state index contributed by atoms with van der Waals surface area (Å²) < 4.78 is 11.9. The highest BCUT2D eigenvalue weighted by Crippen LogP contribution is 2.34. The predicted octanol–water partition coefficient (Wildman–Crippen LogP) is 6.12. The topological polar surface area (TPSA) is 121 Å². The average molecular weight is 547 g/mol. The number of nitrogens with zero attached hydrogens (tertiary/aromatic N) is 5. The fourth-order valence-electron chi connectivity index (χ4n) is 3.86. The van der Waals surface area contributed by atoms with Crippen LogP contribution in [0.1, 0.15) is 12.0 Å². The van der Waals surface area contributed by atoms with E-state index >= 15 is 0 Å². The number of hydrogen-bond acceptors (Lipinski definition) is 7. The van der Waals surface area contributed by atoms with E-state index in [2.05, 4.69) is 35.6 Å². The summed E-state index contributed by atoms with van der Waals surface area (Å²) in [6.45, 7) is 3.08. The van der Waals surface area contributed by atoms with Crippen LogP contribution in [0.5, 0.6) is 0 Å². The van der Waals surface area contributed by atoms with Crippen LogP contribution in [0.3, 0.4) is 0 Å². The van der Waals surface area contributed by atoms with E-state index in [1.807, 2.05) is 25.1 Å². The number of halogens is 2. The van der Waals surface area contributed by atoms with Gasteiger partial charge in [0.1, 0.15) is 29.2 Å². The lowest BCUT2D eigenvalue weighted by Crippen LogP contribution is -2.31. The third-order valence-electron chi connectivity index (χ3n) is 5.79. The van der Waals surface area contributed by atoms with Gasteiger partial charge in [-0.2, -0.15) is 0 Å². The number of imidazole rings is 1. The maximum Gasteiger partial charge on any atom is 0.345 e. The van der Waals surface area contributed by atoms with Crippen molar-refractivity contribution in [3.05, 3.63) is 89.9 Å². The molecule has 0 unspecified atom stereocenters. The van der Waals surface area contributed by atoms with Crippen molar-refractivity contribution >= 4 is 46.0 Å². The van der Waals surface area contributed by atoms with Crippen LogP contribution in [0.15, 0.2) is 73.4 Å². The van der Waals surface area contributed by atoms with Crippen LogP contribution in [-0.4, -0.2) is 49.2 Å². The molecule has 12 heteroatoms. The van der Waals surface area contributed by atoms with Gasteiger partial charge in [0.15, 0.2) is 5.65 Å². The number of carbonyl (C=O) groups is 1. The number of pyridine rings is 1. The van der Waals surface area contributed by atoms with Crippen LogP contribution >= 0.6 is 11.6 Å². The Morgan fingerprint density at radius 2 is 1.95 bits per heavy atom. The third-order valence-corrected chi connectivity index (χ3v) is 5.99. The largest absolute Gasteiger partial charge is 0.345 e. The molecule has 10 nitrogen and oxygen atoms in total. The number of H-pyrrole nitrogens is 1. The van der Waals surface area contributed by atoms with Crippen molar-refractivity contribution in [3.63, 3.8) is 0 Å². The molecule has 0 saturated carbocycles. The summed E-state index contributed by atoms with van der Waals surface area (Å²) in [7, 11) is 0. The van der Waals surface area contributed by atoms with Crippen molar-refractivity contribution in [1.82, 2.24) is 30.0 Å². The first-order valence-electron chi connectivity index (χ1n) is 12.1. The Morgan fingerprint density at radius 3 is 2.69 bits per heavy atom. The molecule has 0 atom stereocenters. The average Bonchev–Trinajstić information content (AvgIpc) is 3.65. The quantitative estimate of drug-likeness (QED) is 0.248. The molecule has 6 rings (SSSR count). The van der Waals surface area contributed by atoms with Gasteiger partial charge in [-0.15, -0.1) is 0 Å². The van der Waals surface area contributed by atoms with E-state index < -0.39 is 0 Å². The van der Waals surface area contributed by atoms with E-state index in [0.29, 0.717) is 52.1 Å². The molecule has 5 aromatic rings. The van der Waals surface area contributed by atoms with Gasteiger partial charge in [-0.3, -0.25) is 4.84 Å².